The van der Waals surface area contributed by atoms with Crippen molar-refractivity contribution in [3.8, 4) is 0 Å². The lowest BCUT2D eigenvalue weighted by Gasteiger charge is -2.44. The van der Waals surface area contributed by atoms with Gasteiger partial charge in [-0.05, 0) is 81.9 Å². The molecule has 1 saturated carbocycles. The zero-order valence-corrected chi connectivity index (χ0v) is 20.0. The van der Waals surface area contributed by atoms with Crippen molar-refractivity contribution < 1.29 is 4.79 Å². The van der Waals surface area contributed by atoms with Gasteiger partial charge < -0.3 is 4.90 Å². The second-order valence-corrected chi connectivity index (χ2v) is 10.3. The van der Waals surface area contributed by atoms with E-state index in [-0.39, 0.29) is 6.03 Å². The third-order valence-electron chi connectivity index (χ3n) is 7.67. The Kier molecular flexibility index (Phi) is 5.95. The van der Waals surface area contributed by atoms with E-state index in [1.165, 1.54) is 66.5 Å². The lowest BCUT2D eigenvalue weighted by molar-refractivity contribution is 0.118. The molecule has 0 unspecified atom stereocenters. The summed E-state index contributed by atoms with van der Waals surface area (Å²) < 4.78 is 2.12. The number of nitrogens with one attached hydrogen (secondary N) is 1. The molecule has 1 saturated heterocycles. The molecule has 5 rings (SSSR count). The zero-order valence-electron chi connectivity index (χ0n) is 19.2. The fourth-order valence-corrected chi connectivity index (χ4v) is 6.53. The average molecular weight is 441 g/mol. The van der Waals surface area contributed by atoms with Crippen molar-refractivity contribution in [3.63, 3.8) is 0 Å². The van der Waals surface area contributed by atoms with Gasteiger partial charge in [0.05, 0.1) is 11.2 Å². The normalized spacial score (nSPS) is 23.1. The summed E-state index contributed by atoms with van der Waals surface area (Å²) >= 11 is 1.84. The van der Waals surface area contributed by atoms with E-state index in [1.54, 1.807) is 0 Å². The van der Waals surface area contributed by atoms with Crippen LogP contribution in [0.4, 0.5) is 4.79 Å². The summed E-state index contributed by atoms with van der Waals surface area (Å²) in [7, 11) is 0. The second-order valence-electron chi connectivity index (χ2n) is 9.48. The van der Waals surface area contributed by atoms with Gasteiger partial charge in [0.1, 0.15) is 0 Å². The summed E-state index contributed by atoms with van der Waals surface area (Å²) in [6.07, 6.45) is 8.71. The van der Waals surface area contributed by atoms with Gasteiger partial charge in [-0.3, -0.25) is 9.58 Å². The Labute approximate surface area is 190 Å². The molecule has 0 spiro atoms. The Hall–Kier alpha value is -1.66. The first-order chi connectivity index (χ1) is 15.2. The molecule has 3 aliphatic rings. The molecular weight excluding hydrogens is 404 g/mol. The van der Waals surface area contributed by atoms with Crippen LogP contribution >= 0.6 is 11.8 Å². The highest BCUT2D eigenvalue weighted by atomic mass is 32.2. The lowest BCUT2D eigenvalue weighted by atomic mass is 9.74. The maximum absolute atomic E-state index is 13.0. The first kappa shape index (κ1) is 21.2. The van der Waals surface area contributed by atoms with Gasteiger partial charge in [-0.25, -0.2) is 10.2 Å². The number of likely N-dealkylation sites (tertiary alicyclic amines) is 1. The largest absolute Gasteiger partial charge is 0.336 e. The van der Waals surface area contributed by atoms with Crippen molar-refractivity contribution in [2.45, 2.75) is 63.7 Å². The molecule has 1 N–H and O–H groups in total. The van der Waals surface area contributed by atoms with Crippen molar-refractivity contribution in [1.29, 1.82) is 0 Å². The van der Waals surface area contributed by atoms with E-state index in [9.17, 15) is 4.79 Å². The number of carbonyl (C=O) groups is 1. The van der Waals surface area contributed by atoms with Gasteiger partial charge in [0.15, 0.2) is 0 Å². The zero-order chi connectivity index (χ0) is 21.5. The maximum atomic E-state index is 13.0. The van der Waals surface area contributed by atoms with Crippen LogP contribution in [0.15, 0.2) is 18.2 Å². The molecule has 0 radical (unpaired) electrons. The van der Waals surface area contributed by atoms with Crippen LogP contribution in [0.1, 0.15) is 62.3 Å². The molecule has 6 heteroatoms. The van der Waals surface area contributed by atoms with Crippen molar-refractivity contribution in [3.05, 3.63) is 35.0 Å². The number of hydrogen-bond donors (Lipinski definition) is 1. The third-order valence-corrected chi connectivity index (χ3v) is 8.23. The Morgan fingerprint density at radius 1 is 1.23 bits per heavy atom. The van der Waals surface area contributed by atoms with Gasteiger partial charge in [0.25, 0.3) is 0 Å². The molecule has 1 aromatic carbocycles. The summed E-state index contributed by atoms with van der Waals surface area (Å²) in [5.74, 6) is 2.47. The molecular formula is C25H36N4OS. The Morgan fingerprint density at radius 3 is 2.74 bits per heavy atom. The van der Waals surface area contributed by atoms with Crippen molar-refractivity contribution in [2.24, 2.45) is 5.92 Å². The smallest absolute Gasteiger partial charge is 0.324 e. The SMILES string of the molecule is CCN(CC)C(=O)Nn1c(CSC)c2c3c(cccc31)[C@H]1CCCN(CC3CC3)[C@@H]1C2. The van der Waals surface area contributed by atoms with Gasteiger partial charge in [0.2, 0.25) is 0 Å². The average Bonchev–Trinajstić information content (AvgIpc) is 3.56. The van der Waals surface area contributed by atoms with E-state index in [1.807, 2.05) is 30.5 Å². The summed E-state index contributed by atoms with van der Waals surface area (Å²) in [5, 5.41) is 1.42. The van der Waals surface area contributed by atoms with Crippen molar-refractivity contribution >= 4 is 28.7 Å². The van der Waals surface area contributed by atoms with Crippen molar-refractivity contribution in [1.82, 2.24) is 14.5 Å². The number of urea groups is 1. The number of nitrogens with zero attached hydrogens (tertiary/aromatic N) is 3. The van der Waals surface area contributed by atoms with Crippen LogP contribution in [0.2, 0.25) is 0 Å². The van der Waals surface area contributed by atoms with Crippen LogP contribution < -0.4 is 5.43 Å². The molecule has 1 aromatic heterocycles. The number of fused-ring (bicyclic) bond motifs is 2. The van der Waals surface area contributed by atoms with E-state index < -0.39 is 0 Å². The highest BCUT2D eigenvalue weighted by Crippen LogP contribution is 2.46. The molecule has 2 atom stereocenters. The topological polar surface area (TPSA) is 40.5 Å². The number of rotatable bonds is 7. The van der Waals surface area contributed by atoms with Gasteiger partial charge in [-0.2, -0.15) is 11.8 Å². The van der Waals surface area contributed by atoms with E-state index in [2.05, 4.69) is 39.5 Å². The lowest BCUT2D eigenvalue weighted by Crippen LogP contribution is -2.47. The maximum Gasteiger partial charge on any atom is 0.336 e. The molecule has 5 nitrogen and oxygen atoms in total. The molecule has 1 aliphatic heterocycles. The number of aromatic nitrogens is 1. The van der Waals surface area contributed by atoms with Crippen LogP contribution in [0.3, 0.4) is 0 Å². The number of piperidine rings is 1. The second kappa shape index (κ2) is 8.70. The van der Waals surface area contributed by atoms with Crippen molar-refractivity contribution in [2.75, 3.05) is 37.9 Å². The third kappa shape index (κ3) is 3.76. The van der Waals surface area contributed by atoms with Crippen LogP contribution in [0.25, 0.3) is 10.9 Å². The summed E-state index contributed by atoms with van der Waals surface area (Å²) in [6.45, 7) is 8.05. The number of amides is 2. The fourth-order valence-electron chi connectivity index (χ4n) is 5.95. The molecule has 2 aliphatic carbocycles. The van der Waals surface area contributed by atoms with Crippen LogP contribution in [0.5, 0.6) is 0 Å². The Balaban J connectivity index is 1.58. The standard InChI is InChI=1S/C25H36N4OS/c1-4-27(5-2)25(30)26-29-21-10-6-8-19-18-9-7-13-28(15-17-11-12-17)22(18)14-20(24(19)21)23(29)16-31-3/h6,8,10,17-18,22H,4-5,7,9,11-16H2,1-3H3,(H,26,30)/t18-,22-/m1/s1. The molecule has 2 fully saturated rings. The molecule has 2 heterocycles. The van der Waals surface area contributed by atoms with Gasteiger partial charge >= 0.3 is 6.03 Å². The number of hydrogen-bond acceptors (Lipinski definition) is 3. The predicted octanol–water partition coefficient (Wildman–Crippen LogP) is 5.02. The van der Waals surface area contributed by atoms with E-state index in [0.29, 0.717) is 12.0 Å². The first-order valence-corrected chi connectivity index (χ1v) is 13.5. The summed E-state index contributed by atoms with van der Waals surface area (Å²) in [4.78, 5) is 17.6. The number of benzene rings is 1. The highest BCUT2D eigenvalue weighted by Gasteiger charge is 2.40. The Morgan fingerprint density at radius 2 is 2.03 bits per heavy atom. The van der Waals surface area contributed by atoms with E-state index in [0.717, 1.165) is 31.2 Å². The Bertz CT molecular complexity index is 962. The van der Waals surface area contributed by atoms with Crippen LogP contribution in [-0.4, -0.2) is 59.0 Å². The van der Waals surface area contributed by atoms with E-state index >= 15 is 0 Å². The molecule has 31 heavy (non-hydrogen) atoms. The minimum Gasteiger partial charge on any atom is -0.324 e. The predicted molar refractivity (Wildman–Crippen MR) is 131 cm³/mol. The van der Waals surface area contributed by atoms with Gasteiger partial charge in [0, 0.05) is 42.7 Å². The minimum atomic E-state index is -0.00627. The monoisotopic (exact) mass is 440 g/mol. The van der Waals surface area contributed by atoms with Crippen LogP contribution in [0, 0.1) is 5.92 Å². The minimum absolute atomic E-state index is 0.00627. The number of thioether (sulfide) groups is 1. The molecule has 2 aromatic rings. The van der Waals surface area contributed by atoms with E-state index in [4.69, 9.17) is 0 Å². The first-order valence-electron chi connectivity index (χ1n) is 12.1. The highest BCUT2D eigenvalue weighted by molar-refractivity contribution is 7.97. The molecule has 168 valence electrons. The molecule has 2 amide bonds. The quantitative estimate of drug-likeness (QED) is 0.657. The fraction of sp³-hybridized carbons (Fsp3) is 0.640. The molecule has 0 bridgehead atoms. The summed E-state index contributed by atoms with van der Waals surface area (Å²) in [5.41, 5.74) is 8.71. The van der Waals surface area contributed by atoms with Gasteiger partial charge in [-0.1, -0.05) is 12.1 Å². The number of carbonyl (C=O) groups excluding carboxylic acids is 1. The van der Waals surface area contributed by atoms with Gasteiger partial charge in [-0.15, -0.1) is 0 Å². The summed E-state index contributed by atoms with van der Waals surface area (Å²) in [6, 6.07) is 7.37. The van der Waals surface area contributed by atoms with Crippen LogP contribution in [-0.2, 0) is 12.2 Å².